The number of sulfone groups is 1. The van der Waals surface area contributed by atoms with E-state index < -0.39 is 25.8 Å². The number of nitrogens with one attached hydrogen (secondary N) is 1. The largest absolute Gasteiger partial charge is 0.439 e. The van der Waals surface area contributed by atoms with Gasteiger partial charge in [0, 0.05) is 18.8 Å². The lowest BCUT2D eigenvalue weighted by molar-refractivity contribution is 0.0991. The van der Waals surface area contributed by atoms with Crippen molar-refractivity contribution in [2.24, 2.45) is 0 Å². The zero-order valence-corrected chi connectivity index (χ0v) is 19.7. The molecule has 0 spiro atoms. The third kappa shape index (κ3) is 4.87. The van der Waals surface area contributed by atoms with Gasteiger partial charge in [0.05, 0.1) is 9.79 Å². The minimum Gasteiger partial charge on any atom is -0.439 e. The van der Waals surface area contributed by atoms with Crippen LogP contribution >= 0.6 is 0 Å². The molecule has 3 aromatic rings. The molecule has 0 atom stereocenters. The van der Waals surface area contributed by atoms with Gasteiger partial charge in [-0.05, 0) is 68.3 Å². The highest BCUT2D eigenvalue weighted by Crippen LogP contribution is 2.25. The van der Waals surface area contributed by atoms with Crippen molar-refractivity contribution in [3.05, 3.63) is 72.0 Å². The van der Waals surface area contributed by atoms with Crippen molar-refractivity contribution in [2.75, 3.05) is 18.4 Å². The van der Waals surface area contributed by atoms with Crippen molar-refractivity contribution in [2.45, 2.75) is 41.1 Å². The van der Waals surface area contributed by atoms with E-state index in [0.717, 1.165) is 24.8 Å². The number of hydrogen-bond donors (Lipinski definition) is 1. The van der Waals surface area contributed by atoms with Crippen molar-refractivity contribution in [1.29, 1.82) is 0 Å². The number of sulfonamides is 1. The summed E-state index contributed by atoms with van der Waals surface area (Å²) in [7, 11) is -7.46. The molecule has 1 aliphatic heterocycles. The Balaban J connectivity index is 1.47. The molecule has 1 amide bonds. The van der Waals surface area contributed by atoms with E-state index in [9.17, 15) is 21.6 Å². The lowest BCUT2D eigenvalue weighted by atomic mass is 10.2. The number of amides is 1. The topological polar surface area (TPSA) is 114 Å². The molecule has 0 aliphatic carbocycles. The average Bonchev–Trinajstić information content (AvgIpc) is 3.32. The second kappa shape index (κ2) is 9.12. The van der Waals surface area contributed by atoms with E-state index in [-0.39, 0.29) is 20.6 Å². The van der Waals surface area contributed by atoms with Crippen LogP contribution in [0, 0.1) is 6.92 Å². The molecule has 2 heterocycles. The number of carbonyl (C=O) groups excluding carboxylic acids is 1. The van der Waals surface area contributed by atoms with Crippen molar-refractivity contribution in [1.82, 2.24) is 4.31 Å². The van der Waals surface area contributed by atoms with Crippen LogP contribution in [0.15, 0.2) is 80.0 Å². The summed E-state index contributed by atoms with van der Waals surface area (Å²) in [5.41, 5.74) is 1.28. The number of rotatable bonds is 6. The van der Waals surface area contributed by atoms with Crippen LogP contribution in [0.25, 0.3) is 0 Å². The molecular formula is C23H24N2O6S2. The number of anilines is 1. The van der Waals surface area contributed by atoms with Crippen LogP contribution in [0.4, 0.5) is 5.69 Å². The van der Waals surface area contributed by atoms with Crippen LogP contribution in [0.3, 0.4) is 0 Å². The summed E-state index contributed by atoms with van der Waals surface area (Å²) < 4.78 is 57.7. The molecule has 2 aromatic carbocycles. The highest BCUT2D eigenvalue weighted by atomic mass is 32.2. The predicted octanol–water partition coefficient (Wildman–Crippen LogP) is 3.85. The molecule has 1 N–H and O–H groups in total. The zero-order valence-electron chi connectivity index (χ0n) is 18.0. The fourth-order valence-electron chi connectivity index (χ4n) is 3.58. The number of hydrogen-bond acceptors (Lipinski definition) is 6. The Morgan fingerprint density at radius 2 is 1.42 bits per heavy atom. The molecule has 1 saturated heterocycles. The van der Waals surface area contributed by atoms with Crippen LogP contribution in [-0.4, -0.2) is 40.1 Å². The first kappa shape index (κ1) is 23.2. The molecule has 8 nitrogen and oxygen atoms in total. The first-order valence-electron chi connectivity index (χ1n) is 10.5. The molecule has 0 radical (unpaired) electrons. The molecule has 1 fully saturated rings. The smallest absolute Gasteiger partial charge is 0.291 e. The van der Waals surface area contributed by atoms with Crippen molar-refractivity contribution < 1.29 is 26.0 Å². The first-order chi connectivity index (χ1) is 15.7. The zero-order chi connectivity index (χ0) is 23.6. The summed E-state index contributed by atoms with van der Waals surface area (Å²) in [5, 5.41) is 2.26. The van der Waals surface area contributed by atoms with Gasteiger partial charge in [0.25, 0.3) is 5.91 Å². The lowest BCUT2D eigenvalue weighted by Crippen LogP contribution is -2.35. The predicted molar refractivity (Wildman–Crippen MR) is 122 cm³/mol. The molecular weight excluding hydrogens is 464 g/mol. The molecule has 1 aromatic heterocycles. The van der Waals surface area contributed by atoms with Crippen LogP contribution in [-0.2, 0) is 19.9 Å². The van der Waals surface area contributed by atoms with Gasteiger partial charge in [-0.15, -0.1) is 0 Å². The van der Waals surface area contributed by atoms with E-state index in [1.165, 1.54) is 52.8 Å². The fraction of sp³-hybridized carbons (Fsp3) is 0.261. The van der Waals surface area contributed by atoms with E-state index in [4.69, 9.17) is 4.42 Å². The van der Waals surface area contributed by atoms with E-state index >= 15 is 0 Å². The molecule has 0 unspecified atom stereocenters. The summed E-state index contributed by atoms with van der Waals surface area (Å²) in [4.78, 5) is 12.8. The lowest BCUT2D eigenvalue weighted by Gasteiger charge is -2.25. The molecule has 174 valence electrons. The second-order valence-electron chi connectivity index (χ2n) is 7.88. The Morgan fingerprint density at radius 1 is 0.818 bits per heavy atom. The van der Waals surface area contributed by atoms with Crippen LogP contribution < -0.4 is 5.32 Å². The summed E-state index contributed by atoms with van der Waals surface area (Å²) in [6.07, 6.45) is 2.72. The molecule has 1 aliphatic rings. The van der Waals surface area contributed by atoms with Gasteiger partial charge in [0.15, 0.2) is 5.76 Å². The van der Waals surface area contributed by atoms with Gasteiger partial charge >= 0.3 is 0 Å². The number of nitrogens with zero attached hydrogens (tertiary/aromatic N) is 1. The van der Waals surface area contributed by atoms with Crippen molar-refractivity contribution in [3.8, 4) is 0 Å². The van der Waals surface area contributed by atoms with Gasteiger partial charge in [0.1, 0.15) is 0 Å². The van der Waals surface area contributed by atoms with E-state index in [2.05, 4.69) is 5.32 Å². The highest BCUT2D eigenvalue weighted by molar-refractivity contribution is 7.91. The maximum atomic E-state index is 12.7. The maximum Gasteiger partial charge on any atom is 0.291 e. The van der Waals surface area contributed by atoms with E-state index in [1.54, 1.807) is 12.1 Å². The molecule has 0 saturated carbocycles. The number of piperidine rings is 1. The van der Waals surface area contributed by atoms with Gasteiger partial charge in [-0.2, -0.15) is 4.31 Å². The molecule has 10 heteroatoms. The van der Waals surface area contributed by atoms with Crippen LogP contribution in [0.1, 0.15) is 35.4 Å². The Morgan fingerprint density at radius 3 is 2.06 bits per heavy atom. The van der Waals surface area contributed by atoms with Crippen LogP contribution in [0.2, 0.25) is 0 Å². The summed E-state index contributed by atoms with van der Waals surface area (Å²) in [5.74, 6) is -0.822. The Labute approximate surface area is 193 Å². The molecule has 4 rings (SSSR count). The SMILES string of the molecule is Cc1ccc(S(=O)(=O)c2ccc(C(=O)Nc3ccc(S(=O)(=O)N4CCCCC4)cc3)o2)cc1. The monoisotopic (exact) mass is 488 g/mol. The first-order valence-corrected chi connectivity index (χ1v) is 13.4. The third-order valence-corrected chi connectivity index (χ3v) is 9.02. The normalized spacial score (nSPS) is 15.3. The summed E-state index contributed by atoms with van der Waals surface area (Å²) in [6.45, 7) is 2.86. The van der Waals surface area contributed by atoms with Crippen molar-refractivity contribution >= 4 is 31.5 Å². The minimum absolute atomic E-state index is 0.0694. The van der Waals surface area contributed by atoms with Gasteiger partial charge in [-0.3, -0.25) is 4.79 Å². The van der Waals surface area contributed by atoms with Crippen molar-refractivity contribution in [3.63, 3.8) is 0 Å². The van der Waals surface area contributed by atoms with Gasteiger partial charge in [-0.25, -0.2) is 16.8 Å². The summed E-state index contributed by atoms with van der Waals surface area (Å²) >= 11 is 0. The number of benzene rings is 2. The quantitative estimate of drug-likeness (QED) is 0.564. The standard InChI is InChI=1S/C23H24N2O6S2/c1-17-5-9-19(10-6-17)32(27,28)22-14-13-21(31-22)23(26)24-18-7-11-20(12-8-18)33(29,30)25-15-3-2-4-16-25/h5-14H,2-4,15-16H2,1H3,(H,24,26). The number of carbonyl (C=O) groups is 1. The Kier molecular flexibility index (Phi) is 6.42. The highest BCUT2D eigenvalue weighted by Gasteiger charge is 2.26. The Hall–Kier alpha value is -2.95. The number of furan rings is 1. The maximum absolute atomic E-state index is 12.7. The van der Waals surface area contributed by atoms with Gasteiger partial charge < -0.3 is 9.73 Å². The van der Waals surface area contributed by atoms with E-state index in [0.29, 0.717) is 18.8 Å². The minimum atomic E-state index is -3.89. The number of aryl methyl sites for hydroxylation is 1. The average molecular weight is 489 g/mol. The van der Waals surface area contributed by atoms with Gasteiger partial charge in [-0.1, -0.05) is 24.1 Å². The molecule has 33 heavy (non-hydrogen) atoms. The fourth-order valence-corrected chi connectivity index (χ4v) is 6.27. The summed E-state index contributed by atoms with van der Waals surface area (Å²) in [6, 6.07) is 14.7. The third-order valence-electron chi connectivity index (χ3n) is 5.47. The molecule has 0 bridgehead atoms. The Bertz CT molecular complexity index is 1350. The van der Waals surface area contributed by atoms with Gasteiger partial charge in [0.2, 0.25) is 25.0 Å². The van der Waals surface area contributed by atoms with E-state index in [1.807, 2.05) is 6.92 Å². The van der Waals surface area contributed by atoms with Crippen LogP contribution in [0.5, 0.6) is 0 Å². The second-order valence-corrected chi connectivity index (χ2v) is 11.7.